The number of rotatable bonds is 2. The Morgan fingerprint density at radius 3 is 1.71 bits per heavy atom. The van der Waals surface area contributed by atoms with Crippen LogP contribution < -0.4 is 11.5 Å². The van der Waals surface area contributed by atoms with Gasteiger partial charge in [-0.1, -0.05) is 30.6 Å². The molecule has 0 aromatic heterocycles. The predicted molar refractivity (Wildman–Crippen MR) is 129 cm³/mol. The molecule has 0 saturated heterocycles. The van der Waals surface area contributed by atoms with E-state index in [1.54, 1.807) is 25.1 Å². The molecule has 0 bridgehead atoms. The van der Waals surface area contributed by atoms with Crippen LogP contribution in [-0.4, -0.2) is 51.4 Å². The van der Waals surface area contributed by atoms with Gasteiger partial charge in [-0.2, -0.15) is 0 Å². The maximum atomic E-state index is 10.3. The zero-order chi connectivity index (χ0) is 22.3. The van der Waals surface area contributed by atoms with Crippen molar-refractivity contribution in [2.45, 2.75) is 14.4 Å². The van der Waals surface area contributed by atoms with Gasteiger partial charge in [0.25, 0.3) is 11.4 Å². The standard InChI is InChI=1S/C6H3ClN2O4.C6H7ClN2.C2H6O.CH4.2ClH.2H2O.Sn/c7-5-2-1-4(8(10)11)3-6(5)9(12)13;7-5-2-1-4(8)3-6(5)9;1-2-3;;;;;;/h1-3H;1-3H,8-9H2;3H,2H2,1H3;1H4;2*1H;2*1H2;/q;;;;;;;;+2/p-2. The van der Waals surface area contributed by atoms with Crippen molar-refractivity contribution < 1.29 is 25.9 Å². The molecule has 2 aromatic carbocycles. The molecule has 31 heavy (non-hydrogen) atoms. The van der Waals surface area contributed by atoms with Gasteiger partial charge in [-0.05, 0) is 31.2 Å². The number of benzene rings is 2. The molecule has 178 valence electrons. The van der Waals surface area contributed by atoms with Gasteiger partial charge in [0.1, 0.15) is 5.02 Å². The molecule has 0 spiro atoms. The summed E-state index contributed by atoms with van der Waals surface area (Å²) in [6.07, 6.45) is 0. The van der Waals surface area contributed by atoms with Crippen LogP contribution >= 0.6 is 41.0 Å². The van der Waals surface area contributed by atoms with E-state index in [4.69, 9.17) is 57.6 Å². The van der Waals surface area contributed by atoms with E-state index in [1.165, 1.54) is 0 Å². The van der Waals surface area contributed by atoms with Gasteiger partial charge < -0.3 is 27.5 Å². The number of nitrogens with two attached hydrogens (primary N) is 2. The number of halogens is 4. The molecule has 0 heterocycles. The monoisotopic (exact) mass is 632 g/mol. The molecular weight excluding hydrogens is 609 g/mol. The number of anilines is 2. The first-order valence-electron chi connectivity index (χ1n) is 7.01. The molecule has 0 unspecified atom stereocenters. The summed E-state index contributed by atoms with van der Waals surface area (Å²) in [7, 11) is 9.87. The van der Waals surface area contributed by atoms with E-state index in [-0.39, 0.29) is 35.7 Å². The zero-order valence-corrected chi connectivity index (χ0v) is 21.2. The van der Waals surface area contributed by atoms with Gasteiger partial charge in [-0.3, -0.25) is 20.2 Å². The van der Waals surface area contributed by atoms with E-state index in [1.807, 2.05) is 0 Å². The van der Waals surface area contributed by atoms with Crippen molar-refractivity contribution in [3.63, 3.8) is 0 Å². The van der Waals surface area contributed by atoms with Gasteiger partial charge in [0.2, 0.25) is 0 Å². The molecule has 0 aliphatic heterocycles. The molecule has 0 atom stereocenters. The second kappa shape index (κ2) is 23.3. The van der Waals surface area contributed by atoms with Crippen molar-refractivity contribution in [3.8, 4) is 0 Å². The third kappa shape index (κ3) is 19.1. The number of hydrogen-bond acceptors (Lipinski definition) is 7. The Bertz CT molecular complexity index is 774. The Hall–Kier alpha value is -1.32. The average molecular weight is 633 g/mol. The molecule has 0 saturated carbocycles. The molecule has 2 aromatic rings. The van der Waals surface area contributed by atoms with Crippen molar-refractivity contribution in [1.29, 1.82) is 0 Å². The minimum atomic E-state index is -0.826. The fourth-order valence-electron chi connectivity index (χ4n) is 1.32. The Balaban J connectivity index is -0.000000110. The summed E-state index contributed by atoms with van der Waals surface area (Å²) in [6.45, 7) is 1.93. The zero-order valence-electron chi connectivity index (χ0n) is 15.3. The maximum absolute atomic E-state index is 10.3. The third-order valence-electron chi connectivity index (χ3n) is 2.36. The molecule has 0 aliphatic rings. The average Bonchev–Trinajstić information content (AvgIpc) is 2.60. The fourth-order valence-corrected chi connectivity index (χ4v) is 1.62. The minimum absolute atomic E-state index is 0. The van der Waals surface area contributed by atoms with Gasteiger partial charge in [0.15, 0.2) is 0 Å². The van der Waals surface area contributed by atoms with Gasteiger partial charge in [-0.25, -0.2) is 0 Å². The van der Waals surface area contributed by atoms with E-state index in [2.05, 4.69) is 0 Å². The molecular formula is C15H24Cl4N4O7Sn. The summed E-state index contributed by atoms with van der Waals surface area (Å²) in [6, 6.07) is 8.06. The Kier molecular flexibility index (Phi) is 30.2. The number of nitrogen functional groups attached to an aromatic ring is 2. The van der Waals surface area contributed by atoms with Crippen molar-refractivity contribution in [2.24, 2.45) is 0 Å². The van der Waals surface area contributed by atoms with E-state index < -0.39 is 34.4 Å². The number of nitro groups is 2. The number of nitro benzene ring substituents is 2. The quantitative estimate of drug-likeness (QED) is 0.193. The van der Waals surface area contributed by atoms with Crippen LogP contribution in [0.25, 0.3) is 0 Å². The van der Waals surface area contributed by atoms with Crippen LogP contribution in [0.2, 0.25) is 10.0 Å². The van der Waals surface area contributed by atoms with Crippen LogP contribution in [0.1, 0.15) is 14.4 Å². The number of nitrogens with zero attached hydrogens (tertiary/aromatic N) is 2. The van der Waals surface area contributed by atoms with Gasteiger partial charge in [0.05, 0.1) is 26.6 Å². The summed E-state index contributed by atoms with van der Waals surface area (Å²) in [5.74, 6) is 0. The normalized spacial score (nSPS) is 7.94. The number of aliphatic hydroxyl groups excluding tert-OH is 1. The van der Waals surface area contributed by atoms with Crippen molar-refractivity contribution >= 4 is 82.7 Å². The number of aliphatic hydroxyl groups is 1. The summed E-state index contributed by atoms with van der Waals surface area (Å²) in [5.41, 5.74) is 11.1. The summed E-state index contributed by atoms with van der Waals surface area (Å²) in [4.78, 5) is 19.0. The molecule has 16 heteroatoms. The van der Waals surface area contributed by atoms with Gasteiger partial charge in [-0.15, -0.1) is 0 Å². The van der Waals surface area contributed by atoms with E-state index in [9.17, 15) is 20.2 Å². The molecule has 0 aliphatic carbocycles. The van der Waals surface area contributed by atoms with Crippen LogP contribution in [0.3, 0.4) is 0 Å². The third-order valence-corrected chi connectivity index (χ3v) is 3.02. The molecule has 0 amide bonds. The van der Waals surface area contributed by atoms with Crippen molar-refractivity contribution in [3.05, 3.63) is 66.7 Å². The first-order chi connectivity index (χ1) is 13.0. The Morgan fingerprint density at radius 1 is 0.968 bits per heavy atom. The first-order valence-corrected chi connectivity index (χ1v) is 15.0. The molecule has 0 fully saturated rings. The second-order valence-electron chi connectivity index (χ2n) is 4.32. The van der Waals surface area contributed by atoms with E-state index in [0.29, 0.717) is 16.4 Å². The number of non-ortho nitro benzene ring substituents is 1. The van der Waals surface area contributed by atoms with Crippen LogP contribution in [0.5, 0.6) is 0 Å². The van der Waals surface area contributed by atoms with Crippen LogP contribution in [0.4, 0.5) is 22.7 Å². The van der Waals surface area contributed by atoms with Gasteiger partial charge in [0, 0.05) is 18.4 Å². The number of hydrogen-bond donors (Lipinski definition) is 3. The van der Waals surface area contributed by atoms with Crippen molar-refractivity contribution in [1.82, 2.24) is 0 Å². The second-order valence-corrected chi connectivity index (χ2v) is 9.37. The fraction of sp³-hybridized carbons (Fsp3) is 0.200. The van der Waals surface area contributed by atoms with Crippen LogP contribution in [0.15, 0.2) is 36.4 Å². The first kappa shape index (κ1) is 40.1. The molecule has 2 rings (SSSR count). The summed E-state index contributed by atoms with van der Waals surface area (Å²) >= 11 is 10.2. The van der Waals surface area contributed by atoms with Crippen LogP contribution in [0, 0.1) is 20.2 Å². The predicted octanol–water partition coefficient (Wildman–Crippen LogP) is 3.64. The SMILES string of the molecule is C.CCO.Nc1ccc(Cl)c(N)c1.O.O.O=[N+]([O-])c1ccc(Cl)c([N+](=O)[O-])c1.[Cl][Sn][Cl]. The van der Waals surface area contributed by atoms with E-state index >= 15 is 0 Å². The Morgan fingerprint density at radius 2 is 1.39 bits per heavy atom. The summed E-state index contributed by atoms with van der Waals surface area (Å²) < 4.78 is 0. The summed E-state index contributed by atoms with van der Waals surface area (Å²) in [5, 5.41) is 28.5. The Labute approximate surface area is 206 Å². The topological polar surface area (TPSA) is 222 Å². The molecule has 9 N–H and O–H groups in total. The van der Waals surface area contributed by atoms with Gasteiger partial charge >= 0.3 is 36.7 Å². The van der Waals surface area contributed by atoms with E-state index in [0.717, 1.165) is 18.2 Å². The molecule has 2 radical (unpaired) electrons. The van der Waals surface area contributed by atoms with Crippen LogP contribution in [-0.2, 0) is 0 Å². The molecule has 11 nitrogen and oxygen atoms in total. The van der Waals surface area contributed by atoms with Crippen molar-refractivity contribution in [2.75, 3.05) is 18.1 Å².